The first-order valence-electron chi connectivity index (χ1n) is 9.43. The molecular weight excluding hydrogens is 429 g/mol. The van der Waals surface area contributed by atoms with E-state index in [9.17, 15) is 26.4 Å². The van der Waals surface area contributed by atoms with Crippen molar-refractivity contribution in [1.29, 1.82) is 0 Å². The van der Waals surface area contributed by atoms with E-state index in [0.29, 0.717) is 24.2 Å². The zero-order chi connectivity index (χ0) is 22.2. The van der Waals surface area contributed by atoms with Crippen LogP contribution in [0.15, 0.2) is 65.6 Å². The number of hydrogen-bond acceptors (Lipinski definition) is 3. The highest BCUT2D eigenvalue weighted by Gasteiger charge is 2.29. The molecule has 0 fully saturated rings. The van der Waals surface area contributed by atoms with Crippen LogP contribution in [-0.4, -0.2) is 20.9 Å². The van der Waals surface area contributed by atoms with Crippen molar-refractivity contribution in [2.45, 2.75) is 17.7 Å². The van der Waals surface area contributed by atoms with Crippen LogP contribution in [0.3, 0.4) is 0 Å². The molecule has 0 saturated carbocycles. The molecule has 0 atom stereocenters. The van der Waals surface area contributed by atoms with Gasteiger partial charge in [0.1, 0.15) is 5.82 Å². The van der Waals surface area contributed by atoms with Gasteiger partial charge in [-0.15, -0.1) is 0 Å². The number of carbonyl (C=O) groups is 1. The molecule has 160 valence electrons. The van der Waals surface area contributed by atoms with Gasteiger partial charge in [-0.2, -0.15) is 0 Å². The predicted octanol–water partition coefficient (Wildman–Crippen LogP) is 4.50. The summed E-state index contributed by atoms with van der Waals surface area (Å²) in [6.45, 7) is 0.229. The molecule has 0 bridgehead atoms. The third kappa shape index (κ3) is 4.13. The zero-order valence-electron chi connectivity index (χ0n) is 16.1. The third-order valence-corrected chi connectivity index (χ3v) is 6.83. The van der Waals surface area contributed by atoms with Crippen molar-refractivity contribution >= 4 is 27.3 Å². The van der Waals surface area contributed by atoms with Crippen molar-refractivity contribution in [3.8, 4) is 0 Å². The average molecular weight is 446 g/mol. The fraction of sp³-hybridized carbons (Fsp3) is 0.136. The van der Waals surface area contributed by atoms with E-state index in [4.69, 9.17) is 0 Å². The number of aryl methyl sites for hydroxylation is 1. The standard InChI is InChI=1S/C22H17F3N2O3S/c23-16-5-8-18(9-6-16)31(29,30)27-11-1-2-14-3-7-17(13-21(14)27)26-22(28)15-4-10-19(24)20(25)12-15/h3-10,12-13H,1-2,11H2,(H,26,28). The van der Waals surface area contributed by atoms with Crippen molar-refractivity contribution < 1.29 is 26.4 Å². The number of nitrogens with zero attached hydrogens (tertiary/aromatic N) is 1. The van der Waals surface area contributed by atoms with E-state index >= 15 is 0 Å². The predicted molar refractivity (Wildman–Crippen MR) is 110 cm³/mol. The van der Waals surface area contributed by atoms with Gasteiger partial charge in [-0.1, -0.05) is 6.07 Å². The summed E-state index contributed by atoms with van der Waals surface area (Å²) in [5, 5.41) is 2.58. The van der Waals surface area contributed by atoms with E-state index in [-0.39, 0.29) is 17.0 Å². The Labute approximate surface area is 177 Å². The lowest BCUT2D eigenvalue weighted by atomic mass is 10.0. The highest BCUT2D eigenvalue weighted by atomic mass is 32.2. The van der Waals surface area contributed by atoms with Crippen LogP contribution >= 0.6 is 0 Å². The van der Waals surface area contributed by atoms with E-state index < -0.39 is 33.4 Å². The molecule has 1 aliphatic rings. The van der Waals surface area contributed by atoms with Crippen molar-refractivity contribution in [1.82, 2.24) is 0 Å². The zero-order valence-corrected chi connectivity index (χ0v) is 16.9. The van der Waals surface area contributed by atoms with Crippen LogP contribution in [0.4, 0.5) is 24.5 Å². The maximum absolute atomic E-state index is 13.4. The quantitative estimate of drug-likeness (QED) is 0.642. The Morgan fingerprint density at radius 2 is 1.65 bits per heavy atom. The van der Waals surface area contributed by atoms with Crippen molar-refractivity contribution in [2.75, 3.05) is 16.2 Å². The molecule has 0 aliphatic carbocycles. The summed E-state index contributed by atoms with van der Waals surface area (Å²) in [4.78, 5) is 12.4. The summed E-state index contributed by atoms with van der Waals surface area (Å²) in [6.07, 6.45) is 1.26. The van der Waals surface area contributed by atoms with Gasteiger partial charge in [0, 0.05) is 17.8 Å². The lowest BCUT2D eigenvalue weighted by Crippen LogP contribution is -2.35. The molecule has 0 aromatic heterocycles. The molecule has 0 unspecified atom stereocenters. The minimum atomic E-state index is -3.94. The van der Waals surface area contributed by atoms with Crippen LogP contribution in [-0.2, 0) is 16.4 Å². The first kappa shape index (κ1) is 20.9. The number of nitrogens with one attached hydrogen (secondary N) is 1. The van der Waals surface area contributed by atoms with Gasteiger partial charge in [-0.05, 0) is 73.0 Å². The van der Waals surface area contributed by atoms with E-state index in [0.717, 1.165) is 35.9 Å². The number of fused-ring (bicyclic) bond motifs is 1. The number of hydrogen-bond donors (Lipinski definition) is 1. The molecule has 3 aromatic rings. The first-order valence-corrected chi connectivity index (χ1v) is 10.9. The minimum Gasteiger partial charge on any atom is -0.322 e. The van der Waals surface area contributed by atoms with Gasteiger partial charge < -0.3 is 5.32 Å². The third-order valence-electron chi connectivity index (χ3n) is 5.00. The molecule has 1 amide bonds. The topological polar surface area (TPSA) is 66.5 Å². The number of benzene rings is 3. The van der Waals surface area contributed by atoms with Gasteiger partial charge >= 0.3 is 0 Å². The second-order valence-electron chi connectivity index (χ2n) is 7.06. The van der Waals surface area contributed by atoms with Gasteiger partial charge in [0.25, 0.3) is 15.9 Å². The molecule has 1 heterocycles. The summed E-state index contributed by atoms with van der Waals surface area (Å²) in [5.74, 6) is -3.41. The Bertz CT molecular complexity index is 1260. The molecule has 5 nitrogen and oxygen atoms in total. The monoisotopic (exact) mass is 446 g/mol. The molecule has 31 heavy (non-hydrogen) atoms. The van der Waals surface area contributed by atoms with Gasteiger partial charge in [0.15, 0.2) is 11.6 Å². The molecule has 1 N–H and O–H groups in total. The highest BCUT2D eigenvalue weighted by Crippen LogP contribution is 2.34. The van der Waals surface area contributed by atoms with Crippen LogP contribution in [0.2, 0.25) is 0 Å². The summed E-state index contributed by atoms with van der Waals surface area (Å²) in [7, 11) is -3.94. The Hall–Kier alpha value is -3.33. The Kier molecular flexibility index (Phi) is 5.45. The van der Waals surface area contributed by atoms with Crippen molar-refractivity contribution in [2.24, 2.45) is 0 Å². The summed E-state index contributed by atoms with van der Waals surface area (Å²) < 4.78 is 67.2. The van der Waals surface area contributed by atoms with Gasteiger partial charge in [0.05, 0.1) is 10.6 Å². The number of anilines is 2. The lowest BCUT2D eigenvalue weighted by Gasteiger charge is -2.31. The number of rotatable bonds is 4. The van der Waals surface area contributed by atoms with E-state index in [1.165, 1.54) is 22.5 Å². The number of amides is 1. The fourth-order valence-corrected chi connectivity index (χ4v) is 4.98. The summed E-state index contributed by atoms with van der Waals surface area (Å²) in [5.41, 5.74) is 1.41. The second kappa shape index (κ2) is 8.07. The van der Waals surface area contributed by atoms with Crippen molar-refractivity contribution in [3.05, 3.63) is 89.2 Å². The van der Waals surface area contributed by atoms with Crippen LogP contribution in [0, 0.1) is 17.5 Å². The summed E-state index contributed by atoms with van der Waals surface area (Å²) >= 11 is 0. The number of carbonyl (C=O) groups excluding carboxylic acids is 1. The second-order valence-corrected chi connectivity index (χ2v) is 8.92. The van der Waals surface area contributed by atoms with Crippen LogP contribution < -0.4 is 9.62 Å². The molecule has 0 saturated heterocycles. The molecule has 9 heteroatoms. The minimum absolute atomic E-state index is 0.0435. The fourth-order valence-electron chi connectivity index (χ4n) is 3.44. The highest BCUT2D eigenvalue weighted by molar-refractivity contribution is 7.92. The first-order chi connectivity index (χ1) is 14.8. The maximum Gasteiger partial charge on any atom is 0.264 e. The lowest BCUT2D eigenvalue weighted by molar-refractivity contribution is 0.102. The molecule has 0 spiro atoms. The van der Waals surface area contributed by atoms with Crippen molar-refractivity contribution in [3.63, 3.8) is 0 Å². The maximum atomic E-state index is 13.4. The van der Waals surface area contributed by atoms with Crippen LogP contribution in [0.1, 0.15) is 22.3 Å². The van der Waals surface area contributed by atoms with E-state index in [1.54, 1.807) is 12.1 Å². The number of sulfonamides is 1. The van der Waals surface area contributed by atoms with E-state index in [1.807, 2.05) is 0 Å². The molecular formula is C22H17F3N2O3S. The van der Waals surface area contributed by atoms with Crippen LogP contribution in [0.5, 0.6) is 0 Å². The van der Waals surface area contributed by atoms with Gasteiger partial charge in [-0.3, -0.25) is 9.10 Å². The Morgan fingerprint density at radius 3 is 2.35 bits per heavy atom. The normalized spacial score (nSPS) is 13.6. The average Bonchev–Trinajstić information content (AvgIpc) is 2.75. The Balaban J connectivity index is 1.65. The molecule has 1 aliphatic heterocycles. The SMILES string of the molecule is O=C(Nc1ccc2c(c1)N(S(=O)(=O)c1ccc(F)cc1)CCC2)c1ccc(F)c(F)c1. The molecule has 4 rings (SSSR count). The summed E-state index contributed by atoms with van der Waals surface area (Å²) in [6, 6.07) is 12.2. The Morgan fingerprint density at radius 1 is 0.903 bits per heavy atom. The smallest absolute Gasteiger partial charge is 0.264 e. The van der Waals surface area contributed by atoms with Crippen LogP contribution in [0.25, 0.3) is 0 Å². The van der Waals surface area contributed by atoms with E-state index in [2.05, 4.69) is 5.32 Å². The number of halogens is 3. The molecule has 3 aromatic carbocycles. The largest absolute Gasteiger partial charge is 0.322 e. The van der Waals surface area contributed by atoms with Gasteiger partial charge in [0.2, 0.25) is 0 Å². The molecule has 0 radical (unpaired) electrons. The van der Waals surface area contributed by atoms with Gasteiger partial charge in [-0.25, -0.2) is 21.6 Å².